The summed E-state index contributed by atoms with van der Waals surface area (Å²) in [6, 6.07) is 9.46. The maximum absolute atomic E-state index is 12.5. The highest BCUT2D eigenvalue weighted by atomic mass is 35.5. The molecule has 2 heterocycles. The molecule has 1 saturated heterocycles. The molecular weight excluding hydrogens is 380 g/mol. The van der Waals surface area contributed by atoms with Crippen molar-refractivity contribution in [2.75, 3.05) is 6.54 Å². The first-order valence-electron chi connectivity index (χ1n) is 7.48. The van der Waals surface area contributed by atoms with Gasteiger partial charge in [0.05, 0.1) is 10.4 Å². The number of halogens is 1. The number of thioether (sulfide) groups is 1. The number of aromatic nitrogens is 1. The molecule has 1 fully saturated rings. The molecule has 5 nitrogen and oxygen atoms in total. The van der Waals surface area contributed by atoms with Gasteiger partial charge < -0.3 is 5.11 Å². The minimum atomic E-state index is -0.894. The molecule has 0 bridgehead atoms. The first-order chi connectivity index (χ1) is 12.0. The monoisotopic (exact) mass is 392 g/mol. The second-order valence-electron chi connectivity index (χ2n) is 5.39. The Morgan fingerprint density at radius 2 is 2.16 bits per heavy atom. The predicted octanol–water partition coefficient (Wildman–Crippen LogP) is 3.95. The van der Waals surface area contributed by atoms with Gasteiger partial charge in [-0.15, -0.1) is 0 Å². The summed E-state index contributed by atoms with van der Waals surface area (Å²) in [6.45, 7) is 0.290. The third-order valence-electron chi connectivity index (χ3n) is 3.64. The summed E-state index contributed by atoms with van der Waals surface area (Å²) in [6.07, 6.45) is 2.03. The summed E-state index contributed by atoms with van der Waals surface area (Å²) in [5.41, 5.74) is 1.43. The van der Waals surface area contributed by atoms with E-state index in [1.165, 1.54) is 16.7 Å². The Labute approximate surface area is 158 Å². The molecule has 3 rings (SSSR count). The minimum Gasteiger partial charge on any atom is -0.481 e. The Hall–Kier alpha value is -1.96. The smallest absolute Gasteiger partial charge is 0.303 e. The molecule has 0 saturated carbocycles. The number of amides is 1. The van der Waals surface area contributed by atoms with Crippen LogP contribution in [0.2, 0.25) is 5.15 Å². The predicted molar refractivity (Wildman–Crippen MR) is 104 cm³/mol. The lowest BCUT2D eigenvalue weighted by Crippen LogP contribution is -2.29. The molecule has 8 heteroatoms. The lowest BCUT2D eigenvalue weighted by Gasteiger charge is -2.13. The fourth-order valence-corrected chi connectivity index (χ4v) is 3.93. The van der Waals surface area contributed by atoms with E-state index in [4.69, 9.17) is 28.9 Å². The number of hydrogen-bond donors (Lipinski definition) is 1. The number of thiocarbonyl (C=S) groups is 1. The number of fused-ring (bicyclic) bond motifs is 1. The van der Waals surface area contributed by atoms with Crippen LogP contribution in [0.3, 0.4) is 0 Å². The molecule has 0 unspecified atom stereocenters. The molecule has 1 aliphatic rings. The second-order valence-corrected chi connectivity index (χ2v) is 7.43. The van der Waals surface area contributed by atoms with E-state index in [9.17, 15) is 9.59 Å². The number of aliphatic carboxylic acids is 1. The van der Waals surface area contributed by atoms with E-state index in [1.54, 1.807) is 6.08 Å². The van der Waals surface area contributed by atoms with Crippen LogP contribution in [0.4, 0.5) is 0 Å². The van der Waals surface area contributed by atoms with Crippen molar-refractivity contribution in [2.45, 2.75) is 12.8 Å². The first kappa shape index (κ1) is 17.8. The van der Waals surface area contributed by atoms with Gasteiger partial charge in [0.15, 0.2) is 0 Å². The largest absolute Gasteiger partial charge is 0.481 e. The van der Waals surface area contributed by atoms with Crippen molar-refractivity contribution in [2.24, 2.45) is 0 Å². The van der Waals surface area contributed by atoms with Crippen LogP contribution in [0.25, 0.3) is 17.0 Å². The number of para-hydroxylation sites is 1. The van der Waals surface area contributed by atoms with E-state index in [-0.39, 0.29) is 18.9 Å². The lowest BCUT2D eigenvalue weighted by atomic mass is 10.1. The van der Waals surface area contributed by atoms with Gasteiger partial charge in [-0.3, -0.25) is 14.5 Å². The van der Waals surface area contributed by atoms with Gasteiger partial charge in [-0.2, -0.15) is 0 Å². The number of carbonyl (C=O) groups is 2. The standard InChI is InChI=1S/C17H13ClN2O3S2/c18-15-11(8-10-4-1-2-5-12(10)19-15)9-13-16(23)20(17(24)25-13)7-3-6-14(21)22/h1-2,4-5,8-9H,3,6-7H2,(H,21,22). The van der Waals surface area contributed by atoms with Gasteiger partial charge >= 0.3 is 5.97 Å². The van der Waals surface area contributed by atoms with Crippen LogP contribution in [0.1, 0.15) is 18.4 Å². The second kappa shape index (κ2) is 7.51. The molecule has 1 amide bonds. The highest BCUT2D eigenvalue weighted by Gasteiger charge is 2.31. The average molecular weight is 393 g/mol. The summed E-state index contributed by atoms with van der Waals surface area (Å²) in [7, 11) is 0. The van der Waals surface area contributed by atoms with Gasteiger partial charge in [-0.25, -0.2) is 4.98 Å². The fraction of sp³-hybridized carbons (Fsp3) is 0.176. The van der Waals surface area contributed by atoms with Gasteiger partial charge in [-0.1, -0.05) is 53.8 Å². The van der Waals surface area contributed by atoms with Gasteiger partial charge in [0.1, 0.15) is 9.47 Å². The number of pyridine rings is 1. The molecular formula is C17H13ClN2O3S2. The minimum absolute atomic E-state index is 0.00344. The average Bonchev–Trinajstić information content (AvgIpc) is 2.82. The summed E-state index contributed by atoms with van der Waals surface area (Å²) in [4.78, 5) is 29.3. The normalized spacial score (nSPS) is 16.2. The Bertz CT molecular complexity index is 914. The van der Waals surface area contributed by atoms with E-state index in [1.807, 2.05) is 30.3 Å². The number of rotatable bonds is 5. The van der Waals surface area contributed by atoms with Crippen molar-refractivity contribution in [3.63, 3.8) is 0 Å². The van der Waals surface area contributed by atoms with E-state index < -0.39 is 5.97 Å². The Balaban J connectivity index is 1.84. The Morgan fingerprint density at radius 3 is 2.92 bits per heavy atom. The van der Waals surface area contributed by atoms with Crippen LogP contribution in [0, 0.1) is 0 Å². The molecule has 0 aliphatic carbocycles. The van der Waals surface area contributed by atoms with Crippen LogP contribution in [-0.4, -0.2) is 37.7 Å². The summed E-state index contributed by atoms with van der Waals surface area (Å²) in [5.74, 6) is -1.13. The van der Waals surface area contributed by atoms with Crippen molar-refractivity contribution < 1.29 is 14.7 Å². The fourth-order valence-electron chi connectivity index (χ4n) is 2.43. The molecule has 2 aromatic rings. The molecule has 1 aliphatic heterocycles. The van der Waals surface area contributed by atoms with Gasteiger partial charge in [-0.05, 0) is 24.6 Å². The lowest BCUT2D eigenvalue weighted by molar-refractivity contribution is -0.137. The number of carboxylic acids is 1. The zero-order valence-electron chi connectivity index (χ0n) is 12.9. The third kappa shape index (κ3) is 4.00. The van der Waals surface area contributed by atoms with Crippen molar-refractivity contribution in [1.29, 1.82) is 0 Å². The zero-order valence-corrected chi connectivity index (χ0v) is 15.3. The molecule has 1 aromatic heterocycles. The van der Waals surface area contributed by atoms with Gasteiger partial charge in [0.25, 0.3) is 5.91 Å². The number of hydrogen-bond acceptors (Lipinski definition) is 5. The van der Waals surface area contributed by atoms with Gasteiger partial charge in [0.2, 0.25) is 0 Å². The highest BCUT2D eigenvalue weighted by molar-refractivity contribution is 8.26. The van der Waals surface area contributed by atoms with Crippen LogP contribution in [0.15, 0.2) is 35.2 Å². The first-order valence-corrected chi connectivity index (χ1v) is 9.08. The number of nitrogens with zero attached hydrogens (tertiary/aromatic N) is 2. The van der Waals surface area contributed by atoms with E-state index in [0.717, 1.165) is 10.9 Å². The van der Waals surface area contributed by atoms with Crippen molar-refractivity contribution in [1.82, 2.24) is 9.88 Å². The van der Waals surface area contributed by atoms with E-state index in [0.29, 0.717) is 26.4 Å². The third-order valence-corrected chi connectivity index (χ3v) is 5.32. The van der Waals surface area contributed by atoms with Crippen LogP contribution in [0.5, 0.6) is 0 Å². The maximum atomic E-state index is 12.5. The van der Waals surface area contributed by atoms with Crippen LogP contribution in [-0.2, 0) is 9.59 Å². The van der Waals surface area contributed by atoms with Crippen molar-refractivity contribution >= 4 is 68.8 Å². The highest BCUT2D eigenvalue weighted by Crippen LogP contribution is 2.34. The molecule has 1 N–H and O–H groups in total. The molecule has 25 heavy (non-hydrogen) atoms. The van der Waals surface area contributed by atoms with E-state index in [2.05, 4.69) is 4.98 Å². The topological polar surface area (TPSA) is 70.5 Å². The van der Waals surface area contributed by atoms with Crippen LogP contribution < -0.4 is 0 Å². The van der Waals surface area contributed by atoms with Crippen molar-refractivity contribution in [3.05, 3.63) is 46.0 Å². The molecule has 0 spiro atoms. The van der Waals surface area contributed by atoms with Crippen molar-refractivity contribution in [3.8, 4) is 0 Å². The molecule has 0 atom stereocenters. The molecule has 128 valence electrons. The number of benzene rings is 1. The maximum Gasteiger partial charge on any atom is 0.303 e. The zero-order chi connectivity index (χ0) is 18.0. The van der Waals surface area contributed by atoms with Crippen LogP contribution >= 0.6 is 35.6 Å². The summed E-state index contributed by atoms with van der Waals surface area (Å²) >= 11 is 12.6. The molecule has 0 radical (unpaired) electrons. The number of carboxylic acid groups (broad SMARTS) is 1. The van der Waals surface area contributed by atoms with Gasteiger partial charge in [0, 0.05) is 23.9 Å². The quantitative estimate of drug-likeness (QED) is 0.472. The number of carbonyl (C=O) groups excluding carboxylic acids is 1. The summed E-state index contributed by atoms with van der Waals surface area (Å²) < 4.78 is 0.423. The Kier molecular flexibility index (Phi) is 5.36. The summed E-state index contributed by atoms with van der Waals surface area (Å²) in [5, 5.41) is 9.95. The Morgan fingerprint density at radius 1 is 1.40 bits per heavy atom. The molecule has 1 aromatic carbocycles. The van der Waals surface area contributed by atoms with E-state index >= 15 is 0 Å². The SMILES string of the molecule is O=C(O)CCCN1C(=O)C(=Cc2cc3ccccc3nc2Cl)SC1=S.